The van der Waals surface area contributed by atoms with Gasteiger partial charge in [-0.05, 0) is 41.0 Å². The van der Waals surface area contributed by atoms with Gasteiger partial charge in [0.1, 0.15) is 18.5 Å². The lowest BCUT2D eigenvalue weighted by Gasteiger charge is -2.40. The van der Waals surface area contributed by atoms with Crippen LogP contribution in [0.3, 0.4) is 0 Å². The van der Waals surface area contributed by atoms with Crippen LogP contribution >= 0.6 is 0 Å². The van der Waals surface area contributed by atoms with Gasteiger partial charge in [-0.3, -0.25) is 9.59 Å². The number of methoxy groups -OCH3 is 1. The number of carbonyl (C=O) groups is 2. The van der Waals surface area contributed by atoms with E-state index in [0.717, 1.165) is 22.4 Å². The highest BCUT2D eigenvalue weighted by Gasteiger charge is 2.37. The van der Waals surface area contributed by atoms with E-state index in [1.54, 1.807) is 24.1 Å². The first-order valence-electron chi connectivity index (χ1n) is 11.2. The second-order valence-electron chi connectivity index (χ2n) is 8.18. The summed E-state index contributed by atoms with van der Waals surface area (Å²) in [5, 5.41) is 13.0. The van der Waals surface area contributed by atoms with Gasteiger partial charge >= 0.3 is 0 Å². The third kappa shape index (κ3) is 5.62. The van der Waals surface area contributed by atoms with E-state index in [1.807, 2.05) is 66.7 Å². The molecule has 0 saturated carbocycles. The molecule has 3 aromatic carbocycles. The lowest BCUT2D eigenvalue weighted by molar-refractivity contribution is -0.162. The van der Waals surface area contributed by atoms with E-state index in [0.29, 0.717) is 18.7 Å². The molecule has 1 aliphatic rings. The molecular weight excluding hydrogens is 432 g/mol. The fraction of sp³-hybridized carbons (Fsp3) is 0.259. The highest BCUT2D eigenvalue weighted by Crippen LogP contribution is 2.31. The van der Waals surface area contributed by atoms with Crippen LogP contribution in [0.15, 0.2) is 78.9 Å². The van der Waals surface area contributed by atoms with Gasteiger partial charge in [-0.2, -0.15) is 0 Å². The van der Waals surface area contributed by atoms with E-state index in [4.69, 9.17) is 9.47 Å². The number of hydrogen-bond acceptors (Lipinski definition) is 5. The van der Waals surface area contributed by atoms with Crippen LogP contribution in [0, 0.1) is 0 Å². The number of nitrogens with one attached hydrogen (secondary N) is 1. The van der Waals surface area contributed by atoms with Gasteiger partial charge in [0.25, 0.3) is 0 Å². The molecule has 0 bridgehead atoms. The first-order valence-corrected chi connectivity index (χ1v) is 11.2. The standard InChI is InChI=1S/C27H28N2O5/c1-33-23-13-7-20(8-14-23)16-29-24(17-30)27(34-18-26(29)32)21-9-11-22(12-10-21)28-25(31)15-19-5-3-2-4-6-19/h2-14,24,27,30H,15-18H2,1H3,(H,28,31)/t24-,27-/m1/s1. The Kier molecular flexibility index (Phi) is 7.57. The van der Waals surface area contributed by atoms with Crippen molar-refractivity contribution in [3.8, 4) is 5.75 Å². The Morgan fingerprint density at radius 3 is 2.38 bits per heavy atom. The number of nitrogens with zero attached hydrogens (tertiary/aromatic N) is 1. The molecule has 1 heterocycles. The van der Waals surface area contributed by atoms with Crippen LogP contribution in [0.5, 0.6) is 5.75 Å². The van der Waals surface area contributed by atoms with Crippen molar-refractivity contribution < 1.29 is 24.2 Å². The average molecular weight is 461 g/mol. The highest BCUT2D eigenvalue weighted by molar-refractivity contribution is 5.92. The maximum absolute atomic E-state index is 12.6. The van der Waals surface area contributed by atoms with Gasteiger partial charge < -0.3 is 24.8 Å². The van der Waals surface area contributed by atoms with E-state index >= 15 is 0 Å². The minimum atomic E-state index is -0.526. The number of benzene rings is 3. The van der Waals surface area contributed by atoms with Gasteiger partial charge in [-0.15, -0.1) is 0 Å². The Balaban J connectivity index is 1.43. The number of ether oxygens (including phenoxy) is 2. The molecule has 3 aromatic rings. The summed E-state index contributed by atoms with van der Waals surface area (Å²) < 4.78 is 11.0. The summed E-state index contributed by atoms with van der Waals surface area (Å²) in [5.74, 6) is 0.470. The van der Waals surface area contributed by atoms with Crippen molar-refractivity contribution >= 4 is 17.5 Å². The van der Waals surface area contributed by atoms with Crippen LogP contribution in [-0.4, -0.2) is 48.2 Å². The van der Waals surface area contributed by atoms with Crippen molar-refractivity contribution in [2.24, 2.45) is 0 Å². The third-order valence-corrected chi connectivity index (χ3v) is 5.89. The van der Waals surface area contributed by atoms with Gasteiger partial charge in [0, 0.05) is 12.2 Å². The Morgan fingerprint density at radius 1 is 1.03 bits per heavy atom. The highest BCUT2D eigenvalue weighted by atomic mass is 16.5. The zero-order valence-electron chi connectivity index (χ0n) is 19.0. The minimum Gasteiger partial charge on any atom is -0.497 e. The molecule has 0 aliphatic carbocycles. The summed E-state index contributed by atoms with van der Waals surface area (Å²) in [6.07, 6.45) is -0.182. The molecule has 1 aliphatic heterocycles. The first-order chi connectivity index (χ1) is 16.6. The predicted molar refractivity (Wildman–Crippen MR) is 128 cm³/mol. The largest absolute Gasteiger partial charge is 0.497 e. The molecule has 1 fully saturated rings. The number of rotatable bonds is 8. The maximum Gasteiger partial charge on any atom is 0.249 e. The SMILES string of the molecule is COc1ccc(CN2C(=O)CO[C@H](c3ccc(NC(=O)Cc4ccccc4)cc3)[C@H]2CO)cc1. The molecule has 7 heteroatoms. The second kappa shape index (κ2) is 11.0. The van der Waals surface area contributed by atoms with E-state index in [2.05, 4.69) is 5.32 Å². The number of aliphatic hydroxyl groups excluding tert-OH is 1. The summed E-state index contributed by atoms with van der Waals surface area (Å²) in [4.78, 5) is 26.6. The lowest BCUT2D eigenvalue weighted by Crippen LogP contribution is -2.52. The minimum absolute atomic E-state index is 0.0626. The Morgan fingerprint density at radius 2 is 1.74 bits per heavy atom. The molecule has 2 N–H and O–H groups in total. The molecule has 0 spiro atoms. The summed E-state index contributed by atoms with van der Waals surface area (Å²) in [6, 6.07) is 23.8. The Labute approximate surface area is 198 Å². The van der Waals surface area contributed by atoms with Gasteiger partial charge in [-0.1, -0.05) is 54.6 Å². The molecule has 0 unspecified atom stereocenters. The first kappa shape index (κ1) is 23.5. The molecule has 2 amide bonds. The van der Waals surface area contributed by atoms with Crippen LogP contribution in [0.4, 0.5) is 5.69 Å². The lowest BCUT2D eigenvalue weighted by atomic mass is 9.98. The maximum atomic E-state index is 12.6. The number of aliphatic hydroxyl groups is 1. The van der Waals surface area contributed by atoms with Crippen LogP contribution in [0.1, 0.15) is 22.8 Å². The molecular formula is C27H28N2O5. The topological polar surface area (TPSA) is 88.1 Å². The average Bonchev–Trinajstić information content (AvgIpc) is 2.86. The van der Waals surface area contributed by atoms with Crippen LogP contribution in [0.2, 0.25) is 0 Å². The van der Waals surface area contributed by atoms with E-state index in [9.17, 15) is 14.7 Å². The fourth-order valence-corrected chi connectivity index (χ4v) is 4.09. The van der Waals surface area contributed by atoms with Crippen molar-refractivity contribution in [1.82, 2.24) is 4.90 Å². The molecule has 0 aromatic heterocycles. The van der Waals surface area contributed by atoms with Crippen LogP contribution in [-0.2, 0) is 27.3 Å². The zero-order valence-corrected chi connectivity index (χ0v) is 19.0. The number of anilines is 1. The Bertz CT molecular complexity index is 1100. The van der Waals surface area contributed by atoms with Crippen LogP contribution < -0.4 is 10.1 Å². The zero-order chi connectivity index (χ0) is 23.9. The van der Waals surface area contributed by atoms with Gasteiger partial charge in [0.05, 0.1) is 26.2 Å². The van der Waals surface area contributed by atoms with Gasteiger partial charge in [0.2, 0.25) is 11.8 Å². The summed E-state index contributed by atoms with van der Waals surface area (Å²) in [7, 11) is 1.60. The van der Waals surface area contributed by atoms with E-state index in [-0.39, 0.29) is 25.0 Å². The smallest absolute Gasteiger partial charge is 0.249 e. The monoisotopic (exact) mass is 460 g/mol. The molecule has 4 rings (SSSR count). The molecule has 176 valence electrons. The summed E-state index contributed by atoms with van der Waals surface area (Å²) in [5.41, 5.74) is 3.38. The normalized spacial score (nSPS) is 17.9. The third-order valence-electron chi connectivity index (χ3n) is 5.89. The summed E-state index contributed by atoms with van der Waals surface area (Å²) in [6.45, 7) is 0.0660. The van der Waals surface area contributed by atoms with E-state index < -0.39 is 12.1 Å². The molecule has 1 saturated heterocycles. The predicted octanol–water partition coefficient (Wildman–Crippen LogP) is 3.34. The number of carbonyl (C=O) groups excluding carboxylic acids is 2. The van der Waals surface area contributed by atoms with Crippen molar-refractivity contribution in [1.29, 1.82) is 0 Å². The van der Waals surface area contributed by atoms with Crippen molar-refractivity contribution in [2.75, 3.05) is 25.6 Å². The molecule has 34 heavy (non-hydrogen) atoms. The number of morpholine rings is 1. The second-order valence-corrected chi connectivity index (χ2v) is 8.18. The van der Waals surface area contributed by atoms with Crippen molar-refractivity contribution in [3.63, 3.8) is 0 Å². The molecule has 2 atom stereocenters. The number of hydrogen-bond donors (Lipinski definition) is 2. The van der Waals surface area contributed by atoms with E-state index in [1.165, 1.54) is 0 Å². The quantitative estimate of drug-likeness (QED) is 0.538. The van der Waals surface area contributed by atoms with Crippen molar-refractivity contribution in [3.05, 3.63) is 95.6 Å². The van der Waals surface area contributed by atoms with Crippen molar-refractivity contribution in [2.45, 2.75) is 25.1 Å². The number of amides is 2. The van der Waals surface area contributed by atoms with Crippen LogP contribution in [0.25, 0.3) is 0 Å². The van der Waals surface area contributed by atoms with Gasteiger partial charge in [0.15, 0.2) is 0 Å². The summed E-state index contributed by atoms with van der Waals surface area (Å²) >= 11 is 0. The fourth-order valence-electron chi connectivity index (χ4n) is 4.09. The molecule has 0 radical (unpaired) electrons. The Hall–Kier alpha value is -3.68. The van der Waals surface area contributed by atoms with Gasteiger partial charge in [-0.25, -0.2) is 0 Å². The molecule has 7 nitrogen and oxygen atoms in total.